The maximum atomic E-state index is 13.6. The van der Waals surface area contributed by atoms with E-state index >= 15 is 0 Å². The van der Waals surface area contributed by atoms with E-state index in [0.717, 1.165) is 7.11 Å². The van der Waals surface area contributed by atoms with Gasteiger partial charge in [-0.15, -0.1) is 0 Å². The average Bonchev–Trinajstić information content (AvgIpc) is 2.50. The van der Waals surface area contributed by atoms with Crippen LogP contribution >= 0.6 is 0 Å². The van der Waals surface area contributed by atoms with E-state index in [2.05, 4.69) is 4.74 Å². The molecular formula is C13H6F7NO3S. The van der Waals surface area contributed by atoms with E-state index in [1.165, 1.54) is 4.72 Å². The smallest absolute Gasteiger partial charge is 0.267 e. The first-order valence-electron chi connectivity index (χ1n) is 6.08. The first-order chi connectivity index (χ1) is 11.5. The summed E-state index contributed by atoms with van der Waals surface area (Å²) in [5.74, 6) is -16.4. The molecule has 0 amide bonds. The maximum Gasteiger partial charge on any atom is 0.267 e. The molecule has 0 aliphatic carbocycles. The van der Waals surface area contributed by atoms with Gasteiger partial charge < -0.3 is 4.74 Å². The molecule has 2 rings (SSSR count). The van der Waals surface area contributed by atoms with E-state index in [-0.39, 0.29) is 0 Å². The summed E-state index contributed by atoms with van der Waals surface area (Å²) in [5, 5.41) is 0. The average molecular weight is 389 g/mol. The molecule has 0 aromatic heterocycles. The highest BCUT2D eigenvalue weighted by Crippen LogP contribution is 2.30. The molecule has 1 N–H and O–H groups in total. The number of ether oxygens (including phenoxy) is 1. The summed E-state index contributed by atoms with van der Waals surface area (Å²) < 4.78 is 123. The van der Waals surface area contributed by atoms with Gasteiger partial charge in [0.25, 0.3) is 10.0 Å². The van der Waals surface area contributed by atoms with Gasteiger partial charge in [0.15, 0.2) is 45.5 Å². The van der Waals surface area contributed by atoms with Crippen molar-refractivity contribution in [1.82, 2.24) is 0 Å². The molecule has 0 saturated carbocycles. The number of methoxy groups -OCH3 is 1. The lowest BCUT2D eigenvalue weighted by atomic mass is 10.3. The maximum absolute atomic E-state index is 13.6. The second-order valence-electron chi connectivity index (χ2n) is 4.48. The highest BCUT2D eigenvalue weighted by atomic mass is 32.2. The van der Waals surface area contributed by atoms with Crippen molar-refractivity contribution in [2.45, 2.75) is 4.90 Å². The fourth-order valence-electron chi connectivity index (χ4n) is 1.84. The van der Waals surface area contributed by atoms with E-state index in [4.69, 9.17) is 0 Å². The van der Waals surface area contributed by atoms with Crippen LogP contribution in [0.25, 0.3) is 0 Å². The fourth-order valence-corrected chi connectivity index (χ4v) is 3.02. The third-order valence-electron chi connectivity index (χ3n) is 2.89. The molecule has 0 aliphatic rings. The Morgan fingerprint density at radius 2 is 1.20 bits per heavy atom. The molecule has 0 fully saturated rings. The Morgan fingerprint density at radius 3 is 1.60 bits per heavy atom. The standard InChI is InChI=1S/C13H6F7NO3S/c1-24-12-5(14)2-4(3-6(12)15)21-25(22,23)13-10(19)8(17)7(16)9(18)11(13)20/h2-3,21H,1H3. The van der Waals surface area contributed by atoms with Crippen LogP contribution in [0, 0.1) is 40.7 Å². The monoisotopic (exact) mass is 389 g/mol. The number of benzene rings is 2. The lowest BCUT2D eigenvalue weighted by Gasteiger charge is -2.12. The number of halogens is 7. The molecule has 0 atom stereocenters. The second-order valence-corrected chi connectivity index (χ2v) is 6.10. The number of rotatable bonds is 4. The van der Waals surface area contributed by atoms with E-state index in [1.807, 2.05) is 0 Å². The lowest BCUT2D eigenvalue weighted by molar-refractivity contribution is 0.358. The summed E-state index contributed by atoms with van der Waals surface area (Å²) in [4.78, 5) is -2.19. The summed E-state index contributed by atoms with van der Waals surface area (Å²) in [7, 11) is -4.49. The first-order valence-corrected chi connectivity index (χ1v) is 7.56. The van der Waals surface area contributed by atoms with Crippen LogP contribution in [0.5, 0.6) is 5.75 Å². The zero-order chi connectivity index (χ0) is 19.1. The highest BCUT2D eigenvalue weighted by Gasteiger charge is 2.33. The Labute approximate surface area is 135 Å². The van der Waals surface area contributed by atoms with Crippen LogP contribution in [0.4, 0.5) is 36.4 Å². The molecule has 0 saturated heterocycles. The van der Waals surface area contributed by atoms with Gasteiger partial charge in [-0.2, -0.15) is 0 Å². The molecule has 12 heteroatoms. The van der Waals surface area contributed by atoms with Crippen molar-refractivity contribution in [3.63, 3.8) is 0 Å². The van der Waals surface area contributed by atoms with Crippen molar-refractivity contribution in [2.24, 2.45) is 0 Å². The third kappa shape index (κ3) is 3.21. The Morgan fingerprint density at radius 1 is 0.800 bits per heavy atom. The molecule has 0 unspecified atom stereocenters. The molecule has 0 radical (unpaired) electrons. The van der Waals surface area contributed by atoms with Gasteiger partial charge in [-0.3, -0.25) is 4.72 Å². The van der Waals surface area contributed by atoms with Crippen molar-refractivity contribution in [3.05, 3.63) is 52.9 Å². The molecule has 0 bridgehead atoms. The summed E-state index contributed by atoms with van der Waals surface area (Å²) in [6.07, 6.45) is 0. The van der Waals surface area contributed by atoms with Crippen molar-refractivity contribution >= 4 is 15.7 Å². The third-order valence-corrected chi connectivity index (χ3v) is 4.29. The molecule has 2 aromatic carbocycles. The minimum Gasteiger partial charge on any atom is -0.491 e. The molecule has 4 nitrogen and oxygen atoms in total. The summed E-state index contributed by atoms with van der Waals surface area (Å²) in [6, 6.07) is 0.761. The molecule has 0 aliphatic heterocycles. The largest absolute Gasteiger partial charge is 0.491 e. The molecule has 136 valence electrons. The molecule has 0 heterocycles. The van der Waals surface area contributed by atoms with Crippen molar-refractivity contribution in [2.75, 3.05) is 11.8 Å². The Bertz CT molecular complexity index is 911. The van der Waals surface area contributed by atoms with E-state index in [0.29, 0.717) is 12.1 Å². The van der Waals surface area contributed by atoms with Crippen LogP contribution in [0.2, 0.25) is 0 Å². The number of hydrogen-bond acceptors (Lipinski definition) is 3. The predicted octanol–water partition coefficient (Wildman–Crippen LogP) is 3.47. The van der Waals surface area contributed by atoms with Crippen LogP contribution < -0.4 is 9.46 Å². The van der Waals surface area contributed by atoms with Gasteiger partial charge in [-0.05, 0) is 0 Å². The zero-order valence-electron chi connectivity index (χ0n) is 11.9. The van der Waals surface area contributed by atoms with Crippen LogP contribution in [-0.2, 0) is 10.0 Å². The number of sulfonamides is 1. The Balaban J connectivity index is 2.59. The van der Waals surface area contributed by atoms with Crippen LogP contribution in [0.3, 0.4) is 0 Å². The van der Waals surface area contributed by atoms with E-state index in [1.54, 1.807) is 0 Å². The number of nitrogens with one attached hydrogen (secondary N) is 1. The van der Waals surface area contributed by atoms with Gasteiger partial charge in [0.2, 0.25) is 5.82 Å². The number of anilines is 1. The summed E-state index contributed by atoms with van der Waals surface area (Å²) in [5.41, 5.74) is -0.875. The van der Waals surface area contributed by atoms with Crippen LogP contribution in [0.1, 0.15) is 0 Å². The molecule has 25 heavy (non-hydrogen) atoms. The fraction of sp³-hybridized carbons (Fsp3) is 0.0769. The van der Waals surface area contributed by atoms with Gasteiger partial charge in [0.1, 0.15) is 0 Å². The molecule has 0 spiro atoms. The Kier molecular flexibility index (Phi) is 4.84. The minimum absolute atomic E-state index is 0.380. The predicted molar refractivity (Wildman–Crippen MR) is 70.0 cm³/mol. The normalized spacial score (nSPS) is 11.5. The van der Waals surface area contributed by atoms with Gasteiger partial charge >= 0.3 is 0 Å². The molecule has 2 aromatic rings. The van der Waals surface area contributed by atoms with Crippen molar-refractivity contribution in [3.8, 4) is 5.75 Å². The van der Waals surface area contributed by atoms with Crippen molar-refractivity contribution < 1.29 is 43.9 Å². The second kappa shape index (κ2) is 6.43. The van der Waals surface area contributed by atoms with Crippen molar-refractivity contribution in [1.29, 1.82) is 0 Å². The topological polar surface area (TPSA) is 55.4 Å². The minimum atomic E-state index is -5.41. The zero-order valence-corrected chi connectivity index (χ0v) is 12.7. The van der Waals surface area contributed by atoms with Gasteiger partial charge in [-0.1, -0.05) is 0 Å². The van der Waals surface area contributed by atoms with Gasteiger partial charge in [-0.25, -0.2) is 39.2 Å². The summed E-state index contributed by atoms with van der Waals surface area (Å²) in [6.45, 7) is 0. The van der Waals surface area contributed by atoms with Crippen LogP contribution in [0.15, 0.2) is 17.0 Å². The van der Waals surface area contributed by atoms with Gasteiger partial charge in [0, 0.05) is 12.1 Å². The Hall–Kier alpha value is -2.50. The first kappa shape index (κ1) is 18.8. The lowest BCUT2D eigenvalue weighted by Crippen LogP contribution is -2.19. The van der Waals surface area contributed by atoms with Crippen LogP contribution in [-0.4, -0.2) is 15.5 Å². The quantitative estimate of drug-likeness (QED) is 0.495. The molecular weight excluding hydrogens is 383 g/mol. The van der Waals surface area contributed by atoms with E-state index in [9.17, 15) is 39.2 Å². The highest BCUT2D eigenvalue weighted by molar-refractivity contribution is 7.92. The number of hydrogen-bond donors (Lipinski definition) is 1. The van der Waals surface area contributed by atoms with E-state index < -0.39 is 67.1 Å². The summed E-state index contributed by atoms with van der Waals surface area (Å²) >= 11 is 0. The SMILES string of the molecule is COc1c(F)cc(NS(=O)(=O)c2c(F)c(F)c(F)c(F)c2F)cc1F. The van der Waals surface area contributed by atoms with Gasteiger partial charge in [0.05, 0.1) is 12.8 Å².